The summed E-state index contributed by atoms with van der Waals surface area (Å²) in [5.41, 5.74) is 3.35. The van der Waals surface area contributed by atoms with Gasteiger partial charge in [-0.3, -0.25) is 19.5 Å². The molecule has 0 saturated carbocycles. The van der Waals surface area contributed by atoms with Crippen LogP contribution >= 0.6 is 0 Å². The maximum Gasteiger partial charge on any atom is 0.295 e. The van der Waals surface area contributed by atoms with Gasteiger partial charge >= 0.3 is 0 Å². The number of aromatic nitrogens is 3. The molecule has 176 valence electrons. The molecule has 9 nitrogen and oxygen atoms in total. The Kier molecular flexibility index (Phi) is 5.89. The molecule has 1 amide bonds. The summed E-state index contributed by atoms with van der Waals surface area (Å²) in [5, 5.41) is 11.4. The molecule has 3 aromatic heterocycles. The highest BCUT2D eigenvalue weighted by molar-refractivity contribution is 6.46. The predicted octanol–water partition coefficient (Wildman–Crippen LogP) is 2.10. The van der Waals surface area contributed by atoms with Gasteiger partial charge in [0, 0.05) is 44.8 Å². The first-order valence-electron chi connectivity index (χ1n) is 11.4. The molecule has 5 heterocycles. The van der Waals surface area contributed by atoms with Crippen LogP contribution < -0.4 is 0 Å². The Morgan fingerprint density at radius 3 is 2.65 bits per heavy atom. The third-order valence-corrected chi connectivity index (χ3v) is 6.61. The number of hydrogen-bond donors (Lipinski definition) is 1. The number of pyridine rings is 2. The zero-order valence-electron chi connectivity index (χ0n) is 19.3. The quantitative estimate of drug-likeness (QED) is 0.353. The largest absolute Gasteiger partial charge is 0.505 e. The Morgan fingerprint density at radius 1 is 1.15 bits per heavy atom. The van der Waals surface area contributed by atoms with Gasteiger partial charge in [0.2, 0.25) is 0 Å². The molecule has 2 aliphatic rings. The van der Waals surface area contributed by atoms with Crippen molar-refractivity contribution < 1.29 is 19.4 Å². The SMILES string of the molecule is Cc1cccn2c(C)c(/C(O)=C3\C(=O)C(=O)N(CCN4CCOCC4)C3c3cccnc3)nc12. The van der Waals surface area contributed by atoms with E-state index in [0.29, 0.717) is 48.9 Å². The summed E-state index contributed by atoms with van der Waals surface area (Å²) in [7, 11) is 0. The van der Waals surface area contributed by atoms with E-state index in [1.54, 1.807) is 18.5 Å². The molecule has 1 unspecified atom stereocenters. The minimum atomic E-state index is -0.736. The van der Waals surface area contributed by atoms with Crippen LogP contribution in [0.1, 0.15) is 28.6 Å². The monoisotopic (exact) mass is 461 g/mol. The Bertz CT molecular complexity index is 1280. The molecule has 3 aromatic rings. The number of hydrogen-bond acceptors (Lipinski definition) is 7. The van der Waals surface area contributed by atoms with Gasteiger partial charge in [-0.05, 0) is 37.1 Å². The first-order chi connectivity index (χ1) is 16.5. The van der Waals surface area contributed by atoms with Crippen LogP contribution in [-0.2, 0) is 14.3 Å². The molecular formula is C25H27N5O4. The van der Waals surface area contributed by atoms with Crippen LogP contribution in [0.15, 0.2) is 48.4 Å². The summed E-state index contributed by atoms with van der Waals surface area (Å²) < 4.78 is 7.28. The molecule has 5 rings (SSSR count). The van der Waals surface area contributed by atoms with E-state index in [2.05, 4.69) is 14.9 Å². The minimum Gasteiger partial charge on any atom is -0.505 e. The second kappa shape index (κ2) is 9.00. The minimum absolute atomic E-state index is 0.0455. The summed E-state index contributed by atoms with van der Waals surface area (Å²) >= 11 is 0. The van der Waals surface area contributed by atoms with Gasteiger partial charge in [0.1, 0.15) is 11.3 Å². The lowest BCUT2D eigenvalue weighted by Gasteiger charge is -2.30. The molecule has 0 aromatic carbocycles. The summed E-state index contributed by atoms with van der Waals surface area (Å²) in [4.78, 5) is 39.0. The van der Waals surface area contributed by atoms with Gasteiger partial charge in [0.25, 0.3) is 11.7 Å². The average molecular weight is 462 g/mol. The van der Waals surface area contributed by atoms with E-state index in [-0.39, 0.29) is 11.3 Å². The summed E-state index contributed by atoms with van der Waals surface area (Å²) in [6, 6.07) is 6.68. The maximum absolute atomic E-state index is 13.3. The summed E-state index contributed by atoms with van der Waals surface area (Å²) in [6.07, 6.45) is 5.13. The zero-order valence-corrected chi connectivity index (χ0v) is 19.3. The number of rotatable bonds is 5. The Hall–Kier alpha value is -3.56. The molecule has 34 heavy (non-hydrogen) atoms. The smallest absolute Gasteiger partial charge is 0.295 e. The molecule has 1 atom stereocenters. The molecule has 0 bridgehead atoms. The van der Waals surface area contributed by atoms with Gasteiger partial charge in [0.15, 0.2) is 5.76 Å². The maximum atomic E-state index is 13.3. The molecule has 2 fully saturated rings. The van der Waals surface area contributed by atoms with Crippen molar-refractivity contribution in [2.45, 2.75) is 19.9 Å². The fourth-order valence-corrected chi connectivity index (χ4v) is 4.74. The number of nitrogens with zero attached hydrogens (tertiary/aromatic N) is 5. The molecule has 2 aliphatic heterocycles. The van der Waals surface area contributed by atoms with Crippen molar-refractivity contribution in [3.63, 3.8) is 0 Å². The highest BCUT2D eigenvalue weighted by Gasteiger charge is 2.46. The van der Waals surface area contributed by atoms with Crippen molar-refractivity contribution in [1.82, 2.24) is 24.2 Å². The molecular weight excluding hydrogens is 434 g/mol. The molecule has 0 radical (unpaired) electrons. The van der Waals surface area contributed by atoms with E-state index in [0.717, 1.165) is 18.7 Å². The number of ether oxygens (including phenoxy) is 1. The van der Waals surface area contributed by atoms with Crippen LogP contribution in [0.25, 0.3) is 11.4 Å². The number of imidazole rings is 1. The topological polar surface area (TPSA) is 100 Å². The lowest BCUT2D eigenvalue weighted by atomic mass is 9.97. The van der Waals surface area contributed by atoms with Gasteiger partial charge in [-0.15, -0.1) is 0 Å². The van der Waals surface area contributed by atoms with E-state index in [4.69, 9.17) is 4.74 Å². The third kappa shape index (κ3) is 3.76. The Balaban J connectivity index is 1.59. The number of likely N-dealkylation sites (tertiary alicyclic amines) is 1. The molecule has 0 spiro atoms. The van der Waals surface area contributed by atoms with Crippen molar-refractivity contribution in [1.29, 1.82) is 0 Å². The van der Waals surface area contributed by atoms with Gasteiger partial charge < -0.3 is 19.1 Å². The number of aliphatic hydroxyl groups is 1. The predicted molar refractivity (Wildman–Crippen MR) is 125 cm³/mol. The number of carbonyl (C=O) groups is 2. The summed E-state index contributed by atoms with van der Waals surface area (Å²) in [5.74, 6) is -1.59. The average Bonchev–Trinajstić information content (AvgIpc) is 3.33. The number of Topliss-reactive ketones (excluding diaryl/α,β-unsaturated/α-hetero) is 1. The number of amides is 1. The first kappa shape index (κ1) is 22.2. The van der Waals surface area contributed by atoms with Gasteiger partial charge in [-0.25, -0.2) is 4.98 Å². The van der Waals surface area contributed by atoms with E-state index in [1.807, 2.05) is 42.6 Å². The Morgan fingerprint density at radius 2 is 1.94 bits per heavy atom. The lowest BCUT2D eigenvalue weighted by molar-refractivity contribution is -0.140. The zero-order chi connectivity index (χ0) is 23.8. The second-order valence-corrected chi connectivity index (χ2v) is 8.66. The van der Waals surface area contributed by atoms with Crippen molar-refractivity contribution in [2.75, 3.05) is 39.4 Å². The molecule has 2 saturated heterocycles. The number of ketones is 1. The Labute approximate surface area is 197 Å². The lowest BCUT2D eigenvalue weighted by Crippen LogP contribution is -2.42. The van der Waals surface area contributed by atoms with Crippen molar-refractivity contribution >= 4 is 23.1 Å². The fraction of sp³-hybridized carbons (Fsp3) is 0.360. The van der Waals surface area contributed by atoms with Crippen LogP contribution in [0.3, 0.4) is 0 Å². The van der Waals surface area contributed by atoms with Crippen LogP contribution in [-0.4, -0.2) is 80.4 Å². The van der Waals surface area contributed by atoms with Crippen molar-refractivity contribution in [2.24, 2.45) is 0 Å². The van der Waals surface area contributed by atoms with Crippen molar-refractivity contribution in [3.05, 3.63) is 70.9 Å². The summed E-state index contributed by atoms with van der Waals surface area (Å²) in [6.45, 7) is 7.59. The van der Waals surface area contributed by atoms with Crippen LogP contribution in [0.5, 0.6) is 0 Å². The standard InChI is InChI=1S/C25H27N5O4/c1-16-5-4-8-29-17(2)20(27-24(16)29)22(31)19-21(18-6-3-7-26-15-18)30(25(33)23(19)32)10-9-28-11-13-34-14-12-28/h3-8,15,21,31H,9-14H2,1-2H3/b22-19+. The number of aliphatic hydroxyl groups excluding tert-OH is 1. The normalized spacial score (nSPS) is 21.0. The highest BCUT2D eigenvalue weighted by Crippen LogP contribution is 2.39. The molecule has 1 N–H and O–H groups in total. The highest BCUT2D eigenvalue weighted by atomic mass is 16.5. The van der Waals surface area contributed by atoms with E-state index in [1.165, 1.54) is 4.90 Å². The van der Waals surface area contributed by atoms with E-state index < -0.39 is 17.7 Å². The van der Waals surface area contributed by atoms with Gasteiger partial charge in [0.05, 0.1) is 30.5 Å². The molecule has 9 heteroatoms. The third-order valence-electron chi connectivity index (χ3n) is 6.61. The molecule has 0 aliphatic carbocycles. The van der Waals surface area contributed by atoms with Crippen LogP contribution in [0.2, 0.25) is 0 Å². The van der Waals surface area contributed by atoms with E-state index >= 15 is 0 Å². The number of carbonyl (C=O) groups excluding carboxylic acids is 2. The number of aryl methyl sites for hydroxylation is 2. The van der Waals surface area contributed by atoms with Crippen LogP contribution in [0.4, 0.5) is 0 Å². The fourth-order valence-electron chi connectivity index (χ4n) is 4.74. The number of fused-ring (bicyclic) bond motifs is 1. The second-order valence-electron chi connectivity index (χ2n) is 8.66. The van der Waals surface area contributed by atoms with Gasteiger partial charge in [-0.2, -0.15) is 0 Å². The number of morpholine rings is 1. The van der Waals surface area contributed by atoms with Crippen LogP contribution in [0, 0.1) is 13.8 Å². The van der Waals surface area contributed by atoms with E-state index in [9.17, 15) is 14.7 Å². The van der Waals surface area contributed by atoms with Crippen molar-refractivity contribution in [3.8, 4) is 0 Å². The first-order valence-corrected chi connectivity index (χ1v) is 11.4. The van der Waals surface area contributed by atoms with Gasteiger partial charge in [-0.1, -0.05) is 12.1 Å².